The topological polar surface area (TPSA) is 37.3 Å². The van der Waals surface area contributed by atoms with Gasteiger partial charge in [0.25, 0.3) is 0 Å². The van der Waals surface area contributed by atoms with Crippen LogP contribution in [0.25, 0.3) is 0 Å². The maximum absolute atomic E-state index is 10.7. The Bertz CT molecular complexity index is 385. The van der Waals surface area contributed by atoms with Gasteiger partial charge in [-0.05, 0) is 36.2 Å². The summed E-state index contributed by atoms with van der Waals surface area (Å²) in [5.74, 6) is 1.11. The maximum Gasteiger partial charge on any atom is 0.306 e. The van der Waals surface area contributed by atoms with Gasteiger partial charge in [0.2, 0.25) is 0 Å². The summed E-state index contributed by atoms with van der Waals surface area (Å²) in [5, 5.41) is 8.86. The van der Waals surface area contributed by atoms with Gasteiger partial charge >= 0.3 is 5.97 Å². The van der Waals surface area contributed by atoms with E-state index in [1.165, 1.54) is 12.0 Å². The molecule has 2 nitrogen and oxygen atoms in total. The van der Waals surface area contributed by atoms with Gasteiger partial charge in [-0.25, -0.2) is 0 Å². The Hall–Kier alpha value is -1.31. The number of benzene rings is 1. The molecule has 78 valence electrons. The molecule has 0 saturated heterocycles. The van der Waals surface area contributed by atoms with Crippen molar-refractivity contribution in [1.29, 1.82) is 0 Å². The highest BCUT2D eigenvalue weighted by Crippen LogP contribution is 2.61. The van der Waals surface area contributed by atoms with E-state index in [-0.39, 0.29) is 5.92 Å². The van der Waals surface area contributed by atoms with E-state index in [0.717, 1.165) is 6.42 Å². The molecule has 1 aromatic rings. The lowest BCUT2D eigenvalue weighted by Crippen LogP contribution is -2.00. The molecule has 0 radical (unpaired) electrons. The molecule has 2 fully saturated rings. The maximum atomic E-state index is 10.7. The Kier molecular flexibility index (Phi) is 1.84. The van der Waals surface area contributed by atoms with E-state index < -0.39 is 5.97 Å². The van der Waals surface area contributed by atoms with Crippen LogP contribution in [0.1, 0.15) is 24.3 Å². The lowest BCUT2D eigenvalue weighted by molar-refractivity contribution is -0.138. The molecule has 0 bridgehead atoms. The van der Waals surface area contributed by atoms with Gasteiger partial charge in [-0.1, -0.05) is 30.3 Å². The first-order chi connectivity index (χ1) is 7.27. The fraction of sp³-hybridized carbons (Fsp3) is 0.462. The zero-order chi connectivity index (χ0) is 10.4. The predicted octanol–water partition coefficient (Wildman–Crippen LogP) is 2.51. The Morgan fingerprint density at radius 3 is 2.47 bits per heavy atom. The highest BCUT2D eigenvalue weighted by molar-refractivity contribution is 5.73. The monoisotopic (exact) mass is 202 g/mol. The second-order valence-corrected chi connectivity index (χ2v) is 4.76. The van der Waals surface area contributed by atoms with Gasteiger partial charge < -0.3 is 5.11 Å². The van der Waals surface area contributed by atoms with Crippen molar-refractivity contribution in [3.8, 4) is 0 Å². The van der Waals surface area contributed by atoms with Crippen molar-refractivity contribution in [2.45, 2.75) is 18.8 Å². The third kappa shape index (κ3) is 1.54. The van der Waals surface area contributed by atoms with Crippen LogP contribution in [0.5, 0.6) is 0 Å². The van der Waals surface area contributed by atoms with Crippen LogP contribution in [0.2, 0.25) is 0 Å². The van der Waals surface area contributed by atoms with Gasteiger partial charge in [-0.15, -0.1) is 0 Å². The molecule has 2 saturated carbocycles. The molecule has 2 aliphatic rings. The normalized spacial score (nSPS) is 37.3. The number of rotatable bonds is 3. The second kappa shape index (κ2) is 3.09. The van der Waals surface area contributed by atoms with Crippen molar-refractivity contribution in [2.75, 3.05) is 0 Å². The van der Waals surface area contributed by atoms with Gasteiger partial charge in [0, 0.05) is 0 Å². The smallest absolute Gasteiger partial charge is 0.306 e. The Morgan fingerprint density at radius 1 is 1.13 bits per heavy atom. The fourth-order valence-corrected chi connectivity index (χ4v) is 2.74. The Morgan fingerprint density at radius 2 is 1.87 bits per heavy atom. The van der Waals surface area contributed by atoms with Crippen LogP contribution in [0, 0.1) is 17.8 Å². The van der Waals surface area contributed by atoms with E-state index in [0.29, 0.717) is 17.8 Å². The van der Waals surface area contributed by atoms with Crippen LogP contribution < -0.4 is 0 Å². The summed E-state index contributed by atoms with van der Waals surface area (Å²) in [4.78, 5) is 10.7. The second-order valence-electron chi connectivity index (χ2n) is 4.76. The summed E-state index contributed by atoms with van der Waals surface area (Å²) in [6.45, 7) is 0. The van der Waals surface area contributed by atoms with E-state index in [9.17, 15) is 4.79 Å². The SMILES string of the molecule is O=C(O)[C@H]1C[C@H]1[C@@H]1C[C@@H]1c1ccccc1. The van der Waals surface area contributed by atoms with E-state index in [1.807, 2.05) is 6.07 Å². The zero-order valence-electron chi connectivity index (χ0n) is 8.47. The van der Waals surface area contributed by atoms with Crippen LogP contribution in [-0.2, 0) is 4.79 Å². The average molecular weight is 202 g/mol. The first-order valence-corrected chi connectivity index (χ1v) is 5.55. The minimum atomic E-state index is -0.598. The molecule has 0 amide bonds. The molecule has 15 heavy (non-hydrogen) atoms. The number of carboxylic acids is 1. The van der Waals surface area contributed by atoms with Crippen LogP contribution in [0.3, 0.4) is 0 Å². The van der Waals surface area contributed by atoms with E-state index in [4.69, 9.17) is 5.11 Å². The molecule has 1 aromatic carbocycles. The third-order valence-corrected chi connectivity index (χ3v) is 3.77. The molecule has 0 aromatic heterocycles. The van der Waals surface area contributed by atoms with Gasteiger partial charge in [0.05, 0.1) is 5.92 Å². The molecule has 2 heteroatoms. The van der Waals surface area contributed by atoms with Crippen LogP contribution >= 0.6 is 0 Å². The summed E-state index contributed by atoms with van der Waals surface area (Å²) >= 11 is 0. The summed E-state index contributed by atoms with van der Waals surface area (Å²) in [5.41, 5.74) is 1.39. The molecule has 0 heterocycles. The summed E-state index contributed by atoms with van der Waals surface area (Å²) < 4.78 is 0. The molecular formula is C13H14O2. The molecule has 1 N–H and O–H groups in total. The van der Waals surface area contributed by atoms with E-state index in [1.54, 1.807) is 0 Å². The molecule has 0 aliphatic heterocycles. The molecular weight excluding hydrogens is 188 g/mol. The number of aliphatic carboxylic acids is 1. The lowest BCUT2D eigenvalue weighted by atomic mass is 10.1. The molecule has 3 rings (SSSR count). The Balaban J connectivity index is 1.64. The summed E-state index contributed by atoms with van der Waals surface area (Å²) in [6, 6.07) is 10.5. The number of hydrogen-bond donors (Lipinski definition) is 1. The number of hydrogen-bond acceptors (Lipinski definition) is 1. The average Bonchev–Trinajstić information content (AvgIpc) is 3.11. The standard InChI is InChI=1S/C13H14O2/c14-13(15)12-7-11(12)10-6-9(10)8-4-2-1-3-5-8/h1-5,9-12H,6-7H2,(H,14,15)/t9-,10-,11+,12+/m1/s1. The van der Waals surface area contributed by atoms with Gasteiger partial charge in [-0.3, -0.25) is 4.79 Å². The van der Waals surface area contributed by atoms with Gasteiger partial charge in [-0.2, -0.15) is 0 Å². The molecule has 2 aliphatic carbocycles. The molecule has 0 spiro atoms. The molecule has 0 unspecified atom stereocenters. The Labute approximate surface area is 88.9 Å². The fourth-order valence-electron chi connectivity index (χ4n) is 2.74. The van der Waals surface area contributed by atoms with Crippen molar-refractivity contribution in [1.82, 2.24) is 0 Å². The van der Waals surface area contributed by atoms with Crippen LogP contribution in [0.15, 0.2) is 30.3 Å². The summed E-state index contributed by atoms with van der Waals surface area (Å²) in [6.07, 6.45) is 2.10. The highest BCUT2D eigenvalue weighted by Gasteiger charge is 2.56. The largest absolute Gasteiger partial charge is 0.481 e. The van der Waals surface area contributed by atoms with Crippen molar-refractivity contribution in [3.63, 3.8) is 0 Å². The zero-order valence-corrected chi connectivity index (χ0v) is 8.47. The van der Waals surface area contributed by atoms with Crippen LogP contribution in [0.4, 0.5) is 0 Å². The minimum Gasteiger partial charge on any atom is -0.481 e. The minimum absolute atomic E-state index is 0.0382. The first-order valence-electron chi connectivity index (χ1n) is 5.55. The van der Waals surface area contributed by atoms with E-state index in [2.05, 4.69) is 24.3 Å². The number of carboxylic acid groups (broad SMARTS) is 1. The van der Waals surface area contributed by atoms with Crippen LogP contribution in [-0.4, -0.2) is 11.1 Å². The quantitative estimate of drug-likeness (QED) is 0.817. The van der Waals surface area contributed by atoms with Crippen molar-refractivity contribution in [3.05, 3.63) is 35.9 Å². The third-order valence-electron chi connectivity index (χ3n) is 3.77. The van der Waals surface area contributed by atoms with Crippen molar-refractivity contribution < 1.29 is 9.90 Å². The predicted molar refractivity (Wildman–Crippen MR) is 56.5 cm³/mol. The van der Waals surface area contributed by atoms with Crippen molar-refractivity contribution in [2.24, 2.45) is 17.8 Å². The van der Waals surface area contributed by atoms with E-state index >= 15 is 0 Å². The van der Waals surface area contributed by atoms with Crippen molar-refractivity contribution >= 4 is 5.97 Å². The highest BCUT2D eigenvalue weighted by atomic mass is 16.4. The summed E-state index contributed by atoms with van der Waals surface area (Å²) in [7, 11) is 0. The number of carbonyl (C=O) groups is 1. The molecule has 4 atom stereocenters. The first kappa shape index (κ1) is 8.96. The van der Waals surface area contributed by atoms with Gasteiger partial charge in [0.15, 0.2) is 0 Å². The van der Waals surface area contributed by atoms with Gasteiger partial charge in [0.1, 0.15) is 0 Å². The lowest BCUT2D eigenvalue weighted by Gasteiger charge is -1.98.